The maximum atomic E-state index is 6.18. The van der Waals surface area contributed by atoms with Crippen LogP contribution in [0.5, 0.6) is 0 Å². The van der Waals surface area contributed by atoms with E-state index >= 15 is 0 Å². The maximum absolute atomic E-state index is 6.18. The van der Waals surface area contributed by atoms with Gasteiger partial charge in [-0.1, -0.05) is 78.9 Å². The van der Waals surface area contributed by atoms with Gasteiger partial charge in [-0.25, -0.2) is 0 Å². The van der Waals surface area contributed by atoms with E-state index in [4.69, 9.17) is 9.47 Å². The van der Waals surface area contributed by atoms with Gasteiger partial charge in [-0.2, -0.15) is 0 Å². The van der Waals surface area contributed by atoms with E-state index in [1.807, 2.05) is 37.3 Å². The molecule has 0 radical (unpaired) electrons. The Balaban J connectivity index is 2.06. The number of ether oxygens (including phenoxy) is 2. The molecule has 0 aromatic heterocycles. The molecule has 26 heavy (non-hydrogen) atoms. The smallest absolute Gasteiger partial charge is 0.0903 e. The quantitative estimate of drug-likeness (QED) is 0.491. The highest BCUT2D eigenvalue weighted by molar-refractivity contribution is 5.17. The maximum Gasteiger partial charge on any atom is 0.0903 e. The van der Waals surface area contributed by atoms with Crippen molar-refractivity contribution >= 4 is 0 Å². The third kappa shape index (κ3) is 6.62. The van der Waals surface area contributed by atoms with E-state index in [2.05, 4.69) is 56.5 Å². The van der Waals surface area contributed by atoms with Crippen LogP contribution in [0.1, 0.15) is 25.0 Å². The summed E-state index contributed by atoms with van der Waals surface area (Å²) in [4.78, 5) is 0. The minimum atomic E-state index is -0.0758. The summed E-state index contributed by atoms with van der Waals surface area (Å²) in [6.45, 7) is 13.2. The van der Waals surface area contributed by atoms with Crippen molar-refractivity contribution in [2.45, 2.75) is 39.1 Å². The summed E-state index contributed by atoms with van der Waals surface area (Å²) in [5.41, 5.74) is 3.44. The molecule has 0 heterocycles. The predicted octanol–water partition coefficient (Wildman–Crippen LogP) is 5.60. The first-order chi connectivity index (χ1) is 12.6. The van der Waals surface area contributed by atoms with Gasteiger partial charge in [0.25, 0.3) is 0 Å². The summed E-state index contributed by atoms with van der Waals surface area (Å²) in [7, 11) is 0. The van der Waals surface area contributed by atoms with Gasteiger partial charge in [0.2, 0.25) is 0 Å². The zero-order valence-corrected chi connectivity index (χ0v) is 15.9. The highest BCUT2D eigenvalue weighted by Gasteiger charge is 2.27. The van der Waals surface area contributed by atoms with Crippen molar-refractivity contribution in [3.05, 3.63) is 96.6 Å². The summed E-state index contributed by atoms with van der Waals surface area (Å²) < 4.78 is 12.3. The Labute approximate surface area is 158 Å². The molecule has 0 amide bonds. The van der Waals surface area contributed by atoms with E-state index in [0.717, 1.165) is 17.6 Å². The molecule has 3 atom stereocenters. The molecular weight excluding hydrogens is 320 g/mol. The Kier molecular flexibility index (Phi) is 8.33. The van der Waals surface area contributed by atoms with Crippen LogP contribution in [0.3, 0.4) is 0 Å². The van der Waals surface area contributed by atoms with E-state index in [9.17, 15) is 0 Å². The lowest BCUT2D eigenvalue weighted by atomic mass is 9.91. The van der Waals surface area contributed by atoms with Gasteiger partial charge in [0.15, 0.2) is 0 Å². The average Bonchev–Trinajstić information content (AvgIpc) is 2.67. The lowest BCUT2D eigenvalue weighted by Gasteiger charge is -2.30. The number of hydrogen-bond acceptors (Lipinski definition) is 2. The second kappa shape index (κ2) is 10.7. The van der Waals surface area contributed by atoms with Gasteiger partial charge in [0, 0.05) is 5.92 Å². The van der Waals surface area contributed by atoms with Crippen LogP contribution >= 0.6 is 0 Å². The molecule has 0 N–H and O–H groups in total. The molecule has 0 unspecified atom stereocenters. The van der Waals surface area contributed by atoms with Crippen LogP contribution in [0, 0.1) is 5.92 Å². The third-order valence-corrected chi connectivity index (χ3v) is 4.38. The van der Waals surface area contributed by atoms with Crippen LogP contribution < -0.4 is 0 Å². The van der Waals surface area contributed by atoms with Crippen LogP contribution in [0.4, 0.5) is 0 Å². The molecular formula is C24H30O2. The Bertz CT molecular complexity index is 663. The van der Waals surface area contributed by atoms with Crippen molar-refractivity contribution in [2.75, 3.05) is 6.61 Å². The van der Waals surface area contributed by atoms with Crippen molar-refractivity contribution in [2.24, 2.45) is 5.92 Å². The van der Waals surface area contributed by atoms with Gasteiger partial charge in [0.05, 0.1) is 25.4 Å². The van der Waals surface area contributed by atoms with Gasteiger partial charge < -0.3 is 9.47 Å². The van der Waals surface area contributed by atoms with E-state index in [1.165, 1.54) is 5.56 Å². The van der Waals surface area contributed by atoms with Crippen molar-refractivity contribution < 1.29 is 9.47 Å². The molecule has 0 saturated heterocycles. The fourth-order valence-electron chi connectivity index (χ4n) is 2.96. The van der Waals surface area contributed by atoms with E-state index in [1.54, 1.807) is 0 Å². The summed E-state index contributed by atoms with van der Waals surface area (Å²) in [6.07, 6.45) is 2.73. The molecule has 0 aliphatic rings. The molecule has 2 aromatic carbocycles. The topological polar surface area (TPSA) is 18.5 Å². The highest BCUT2D eigenvalue weighted by Crippen LogP contribution is 2.22. The molecule has 2 aromatic rings. The van der Waals surface area contributed by atoms with Gasteiger partial charge in [-0.15, -0.1) is 6.58 Å². The van der Waals surface area contributed by atoms with Crippen LogP contribution in [-0.2, 0) is 22.5 Å². The monoisotopic (exact) mass is 350 g/mol. The minimum absolute atomic E-state index is 0.0544. The first kappa shape index (κ1) is 20.2. The lowest BCUT2D eigenvalue weighted by molar-refractivity contribution is -0.0821. The van der Waals surface area contributed by atoms with E-state index < -0.39 is 0 Å². The van der Waals surface area contributed by atoms with E-state index in [0.29, 0.717) is 13.2 Å². The first-order valence-corrected chi connectivity index (χ1v) is 9.18. The molecule has 0 aliphatic heterocycles. The molecule has 2 nitrogen and oxygen atoms in total. The van der Waals surface area contributed by atoms with Crippen molar-refractivity contribution in [3.63, 3.8) is 0 Å². The minimum Gasteiger partial charge on any atom is -0.371 e. The predicted molar refractivity (Wildman–Crippen MR) is 109 cm³/mol. The van der Waals surface area contributed by atoms with Crippen molar-refractivity contribution in [1.82, 2.24) is 0 Å². The normalized spacial score (nSPS) is 14.4. The Morgan fingerprint density at radius 2 is 1.54 bits per heavy atom. The van der Waals surface area contributed by atoms with Crippen molar-refractivity contribution in [3.8, 4) is 0 Å². The van der Waals surface area contributed by atoms with Gasteiger partial charge in [-0.3, -0.25) is 0 Å². The zero-order chi connectivity index (χ0) is 18.8. The molecule has 0 saturated carbocycles. The molecule has 0 bridgehead atoms. The van der Waals surface area contributed by atoms with Gasteiger partial charge >= 0.3 is 0 Å². The second-order valence-electron chi connectivity index (χ2n) is 6.82. The SMILES string of the molecule is C=C[C@H](Cc1ccccc1)[C@@H](OCC(=C)C)[C@H](C)OCc1ccccc1. The molecule has 2 heteroatoms. The summed E-state index contributed by atoms with van der Waals surface area (Å²) in [5, 5.41) is 0. The molecule has 0 fully saturated rings. The zero-order valence-electron chi connectivity index (χ0n) is 15.9. The third-order valence-electron chi connectivity index (χ3n) is 4.38. The fourth-order valence-corrected chi connectivity index (χ4v) is 2.96. The standard InChI is InChI=1S/C24H30O2/c1-5-23(16-21-12-8-6-9-13-21)24(26-17-19(2)3)20(4)25-18-22-14-10-7-11-15-22/h5-15,20,23-24H,1-2,16-18H2,3-4H3/t20-,23+,24-/m0/s1. The summed E-state index contributed by atoms with van der Waals surface area (Å²) in [6, 6.07) is 20.7. The van der Waals surface area contributed by atoms with Crippen LogP contribution in [0.25, 0.3) is 0 Å². The number of benzene rings is 2. The summed E-state index contributed by atoms with van der Waals surface area (Å²) in [5.74, 6) is 0.169. The fraction of sp³-hybridized carbons (Fsp3) is 0.333. The Morgan fingerprint density at radius 1 is 0.962 bits per heavy atom. The Hall–Kier alpha value is -2.16. The van der Waals surface area contributed by atoms with Gasteiger partial charge in [0.1, 0.15) is 0 Å². The Morgan fingerprint density at radius 3 is 2.08 bits per heavy atom. The number of hydrogen-bond donors (Lipinski definition) is 0. The average molecular weight is 351 g/mol. The summed E-state index contributed by atoms with van der Waals surface area (Å²) >= 11 is 0. The number of rotatable bonds is 11. The largest absolute Gasteiger partial charge is 0.371 e. The van der Waals surface area contributed by atoms with Crippen LogP contribution in [-0.4, -0.2) is 18.8 Å². The van der Waals surface area contributed by atoms with Crippen LogP contribution in [0.15, 0.2) is 85.5 Å². The molecule has 0 spiro atoms. The van der Waals surface area contributed by atoms with Gasteiger partial charge in [-0.05, 0) is 31.4 Å². The molecule has 138 valence electrons. The lowest BCUT2D eigenvalue weighted by Crippen LogP contribution is -2.36. The van der Waals surface area contributed by atoms with E-state index in [-0.39, 0.29) is 18.1 Å². The molecule has 0 aliphatic carbocycles. The van der Waals surface area contributed by atoms with Crippen LogP contribution in [0.2, 0.25) is 0 Å². The van der Waals surface area contributed by atoms with Crippen molar-refractivity contribution in [1.29, 1.82) is 0 Å². The highest BCUT2D eigenvalue weighted by atomic mass is 16.5. The molecule has 2 rings (SSSR count). The first-order valence-electron chi connectivity index (χ1n) is 9.18. The second-order valence-corrected chi connectivity index (χ2v) is 6.82.